The van der Waals surface area contributed by atoms with E-state index in [4.69, 9.17) is 5.53 Å². The smallest absolute Gasteiger partial charge is 0.226 e. The van der Waals surface area contributed by atoms with Gasteiger partial charge in [-0.15, -0.1) is 23.5 Å². The van der Waals surface area contributed by atoms with Crippen molar-refractivity contribution in [3.63, 3.8) is 0 Å². The van der Waals surface area contributed by atoms with Crippen LogP contribution in [0.2, 0.25) is 0 Å². The maximum Gasteiger partial charge on any atom is 0.226 e. The zero-order valence-corrected chi connectivity index (χ0v) is 11.2. The highest BCUT2D eigenvalue weighted by Crippen LogP contribution is 2.52. The van der Waals surface area contributed by atoms with E-state index < -0.39 is 0 Å². The number of nitrogens with zero attached hydrogens (tertiary/aromatic N) is 3. The largest absolute Gasteiger partial charge is 0.710 e. The molecule has 2 aliphatic heterocycles. The lowest BCUT2D eigenvalue weighted by Crippen LogP contribution is -2.38. The maximum atomic E-state index is 12.0. The molecule has 16 heavy (non-hydrogen) atoms. The predicted molar refractivity (Wildman–Crippen MR) is 68.4 cm³/mol. The number of amides is 1. The summed E-state index contributed by atoms with van der Waals surface area (Å²) in [6, 6.07) is 0. The SMILES string of the molecule is CC(C)C(=O)N1CC2(CC1N=[N-])SCCS2. The molecule has 0 aromatic rings. The Labute approximate surface area is 104 Å². The third kappa shape index (κ3) is 2.09. The van der Waals surface area contributed by atoms with Crippen molar-refractivity contribution in [2.75, 3.05) is 18.1 Å². The molecule has 0 N–H and O–H groups in total. The van der Waals surface area contributed by atoms with Gasteiger partial charge < -0.3 is 15.5 Å². The molecule has 2 saturated heterocycles. The quantitative estimate of drug-likeness (QED) is 0.715. The van der Waals surface area contributed by atoms with Crippen molar-refractivity contribution >= 4 is 29.4 Å². The van der Waals surface area contributed by atoms with Gasteiger partial charge in [0.15, 0.2) is 0 Å². The molecule has 0 aromatic carbocycles. The minimum Gasteiger partial charge on any atom is -0.710 e. The molecule has 1 amide bonds. The molecule has 2 rings (SSSR count). The molecule has 4 nitrogen and oxygen atoms in total. The van der Waals surface area contributed by atoms with Crippen molar-refractivity contribution in [3.8, 4) is 0 Å². The molecule has 1 spiro atoms. The molecule has 0 bridgehead atoms. The highest BCUT2D eigenvalue weighted by atomic mass is 32.2. The van der Waals surface area contributed by atoms with Crippen molar-refractivity contribution in [1.29, 1.82) is 0 Å². The van der Waals surface area contributed by atoms with Crippen LogP contribution in [-0.2, 0) is 4.79 Å². The zero-order valence-electron chi connectivity index (χ0n) is 9.55. The summed E-state index contributed by atoms with van der Waals surface area (Å²) in [7, 11) is 0. The maximum absolute atomic E-state index is 12.0. The number of hydrogen-bond acceptors (Lipinski definition) is 4. The number of hydrogen-bond donors (Lipinski definition) is 0. The van der Waals surface area contributed by atoms with Gasteiger partial charge in [0.05, 0.1) is 4.08 Å². The number of rotatable bonds is 2. The van der Waals surface area contributed by atoms with Crippen LogP contribution in [0.25, 0.3) is 5.53 Å². The first-order valence-electron chi connectivity index (χ1n) is 5.50. The third-order valence-corrected chi connectivity index (χ3v) is 6.41. The lowest BCUT2D eigenvalue weighted by Gasteiger charge is -2.25. The number of thioether (sulfide) groups is 2. The molecule has 2 heterocycles. The summed E-state index contributed by atoms with van der Waals surface area (Å²) < 4.78 is 0.0848. The predicted octanol–water partition coefficient (Wildman–Crippen LogP) is 2.40. The Hall–Kier alpha value is -0.230. The van der Waals surface area contributed by atoms with Crippen molar-refractivity contribution in [2.24, 2.45) is 11.0 Å². The monoisotopic (exact) mass is 258 g/mol. The Morgan fingerprint density at radius 2 is 2.12 bits per heavy atom. The van der Waals surface area contributed by atoms with Crippen LogP contribution >= 0.6 is 23.5 Å². The fraction of sp³-hybridized carbons (Fsp3) is 0.900. The van der Waals surface area contributed by atoms with Crippen LogP contribution in [0.5, 0.6) is 0 Å². The summed E-state index contributed by atoms with van der Waals surface area (Å²) in [4.78, 5) is 13.7. The molecule has 0 radical (unpaired) electrons. The van der Waals surface area contributed by atoms with Gasteiger partial charge in [-0.25, -0.2) is 0 Å². The van der Waals surface area contributed by atoms with E-state index in [2.05, 4.69) is 5.11 Å². The first-order chi connectivity index (χ1) is 7.58. The van der Waals surface area contributed by atoms with E-state index in [1.165, 1.54) is 0 Å². The van der Waals surface area contributed by atoms with Crippen molar-refractivity contribution in [2.45, 2.75) is 30.5 Å². The van der Waals surface area contributed by atoms with E-state index in [0.29, 0.717) is 6.54 Å². The zero-order chi connectivity index (χ0) is 11.8. The van der Waals surface area contributed by atoms with Crippen LogP contribution in [0.1, 0.15) is 20.3 Å². The van der Waals surface area contributed by atoms with Gasteiger partial charge in [-0.1, -0.05) is 13.8 Å². The van der Waals surface area contributed by atoms with Gasteiger partial charge in [0, 0.05) is 30.4 Å². The Balaban J connectivity index is 2.13. The molecule has 1 atom stereocenters. The van der Waals surface area contributed by atoms with Gasteiger partial charge in [0.1, 0.15) is 6.17 Å². The molecular formula is C10H16N3OS2-. The third-order valence-electron chi connectivity index (χ3n) is 2.99. The summed E-state index contributed by atoms with van der Waals surface area (Å²) >= 11 is 3.80. The number of carbonyl (C=O) groups is 1. The molecule has 1 unspecified atom stereocenters. The van der Waals surface area contributed by atoms with Gasteiger partial charge in [0.25, 0.3) is 0 Å². The van der Waals surface area contributed by atoms with Crippen LogP contribution in [0.3, 0.4) is 0 Å². The van der Waals surface area contributed by atoms with Crippen molar-refractivity contribution in [1.82, 2.24) is 4.90 Å². The Morgan fingerprint density at radius 3 is 2.62 bits per heavy atom. The lowest BCUT2D eigenvalue weighted by atomic mass is 10.2. The minimum atomic E-state index is -0.340. The van der Waals surface area contributed by atoms with E-state index in [1.54, 1.807) is 4.90 Å². The van der Waals surface area contributed by atoms with Crippen LogP contribution in [0.15, 0.2) is 5.11 Å². The Bertz CT molecular complexity index is 302. The summed E-state index contributed by atoms with van der Waals surface area (Å²) in [6.45, 7) is 4.49. The van der Waals surface area contributed by atoms with Crippen LogP contribution in [0.4, 0.5) is 0 Å². The number of likely N-dealkylation sites (tertiary alicyclic amines) is 1. The van der Waals surface area contributed by atoms with Crippen molar-refractivity contribution in [3.05, 3.63) is 5.53 Å². The van der Waals surface area contributed by atoms with E-state index >= 15 is 0 Å². The lowest BCUT2D eigenvalue weighted by molar-refractivity contribution is -0.135. The highest BCUT2D eigenvalue weighted by molar-refractivity contribution is 8.21. The van der Waals surface area contributed by atoms with E-state index in [1.807, 2.05) is 37.4 Å². The topological polar surface area (TPSA) is 55.0 Å². The van der Waals surface area contributed by atoms with Gasteiger partial charge in [-0.3, -0.25) is 4.79 Å². The molecular weight excluding hydrogens is 242 g/mol. The van der Waals surface area contributed by atoms with Crippen LogP contribution in [0, 0.1) is 5.92 Å². The Kier molecular flexibility index (Phi) is 3.49. The second kappa shape index (κ2) is 4.56. The first kappa shape index (κ1) is 12.2. The van der Waals surface area contributed by atoms with Crippen LogP contribution < -0.4 is 0 Å². The normalized spacial score (nSPS) is 27.9. The molecule has 6 heteroatoms. The standard InChI is InChI=1S/C10H16N3OS2/c1-7(2)9(14)13-6-10(5-8(13)12-11)15-3-4-16-10/h7-8H,3-6H2,1-2H3/q-1. The number of carbonyl (C=O) groups excluding carboxylic acids is 1. The fourth-order valence-corrected chi connectivity index (χ4v) is 5.42. The molecule has 2 fully saturated rings. The summed E-state index contributed by atoms with van der Waals surface area (Å²) in [5.41, 5.74) is 9.02. The average molecular weight is 258 g/mol. The molecule has 90 valence electrons. The van der Waals surface area contributed by atoms with Gasteiger partial charge in [0.2, 0.25) is 5.91 Å². The van der Waals surface area contributed by atoms with Gasteiger partial charge >= 0.3 is 0 Å². The van der Waals surface area contributed by atoms with E-state index in [9.17, 15) is 4.79 Å². The van der Waals surface area contributed by atoms with Gasteiger partial charge in [-0.2, -0.15) is 0 Å². The summed E-state index contributed by atoms with van der Waals surface area (Å²) in [5, 5.41) is 3.37. The highest BCUT2D eigenvalue weighted by Gasteiger charge is 2.48. The Morgan fingerprint density at radius 1 is 1.50 bits per heavy atom. The first-order valence-corrected chi connectivity index (χ1v) is 7.48. The average Bonchev–Trinajstić information content (AvgIpc) is 2.85. The molecule has 0 saturated carbocycles. The van der Waals surface area contributed by atoms with E-state index in [-0.39, 0.29) is 22.1 Å². The van der Waals surface area contributed by atoms with Gasteiger partial charge in [-0.05, 0) is 0 Å². The fourth-order valence-electron chi connectivity index (χ4n) is 2.18. The second-order valence-electron chi connectivity index (χ2n) is 4.53. The molecule has 0 aliphatic carbocycles. The van der Waals surface area contributed by atoms with Crippen LogP contribution in [-0.4, -0.2) is 39.1 Å². The minimum absolute atomic E-state index is 0.0317. The van der Waals surface area contributed by atoms with E-state index in [0.717, 1.165) is 17.9 Å². The van der Waals surface area contributed by atoms with Crippen molar-refractivity contribution < 1.29 is 4.79 Å². The molecule has 0 aromatic heterocycles. The molecule has 2 aliphatic rings. The summed E-state index contributed by atoms with van der Waals surface area (Å²) in [5.74, 6) is 2.32. The summed E-state index contributed by atoms with van der Waals surface area (Å²) in [6.07, 6.45) is 0.435. The second-order valence-corrected chi connectivity index (χ2v) is 7.74.